The summed E-state index contributed by atoms with van der Waals surface area (Å²) in [6.45, 7) is 8.30. The first-order chi connectivity index (χ1) is 8.09. The molecule has 2 nitrogen and oxygen atoms in total. The lowest BCUT2D eigenvalue weighted by atomic mass is 9.73. The fourth-order valence-corrected chi connectivity index (χ4v) is 2.57. The monoisotopic (exact) mass is 234 g/mol. The SMILES string of the molecule is Cc1ccc(C(C)C)cc1C1(CCO)COC1. The van der Waals surface area contributed by atoms with E-state index in [1.807, 2.05) is 0 Å². The van der Waals surface area contributed by atoms with Gasteiger partial charge < -0.3 is 9.84 Å². The van der Waals surface area contributed by atoms with Gasteiger partial charge in [0.2, 0.25) is 0 Å². The molecule has 0 aliphatic carbocycles. The van der Waals surface area contributed by atoms with E-state index in [1.54, 1.807) is 0 Å². The molecule has 17 heavy (non-hydrogen) atoms. The summed E-state index contributed by atoms with van der Waals surface area (Å²) in [5, 5.41) is 9.24. The van der Waals surface area contributed by atoms with Crippen LogP contribution in [0, 0.1) is 6.92 Å². The van der Waals surface area contributed by atoms with Crippen molar-refractivity contribution in [2.24, 2.45) is 0 Å². The standard InChI is InChI=1S/C15H22O2/c1-11(2)13-5-4-12(3)14(8-13)15(6-7-16)9-17-10-15/h4-5,8,11,16H,6-7,9-10H2,1-3H3. The zero-order valence-electron chi connectivity index (χ0n) is 11.0. The molecule has 1 N–H and O–H groups in total. The van der Waals surface area contributed by atoms with E-state index in [4.69, 9.17) is 4.74 Å². The van der Waals surface area contributed by atoms with Crippen molar-refractivity contribution in [3.8, 4) is 0 Å². The van der Waals surface area contributed by atoms with Gasteiger partial charge in [0.05, 0.1) is 13.2 Å². The van der Waals surface area contributed by atoms with Crippen molar-refractivity contribution in [1.29, 1.82) is 0 Å². The van der Waals surface area contributed by atoms with Gasteiger partial charge in [0.1, 0.15) is 0 Å². The van der Waals surface area contributed by atoms with E-state index in [-0.39, 0.29) is 12.0 Å². The van der Waals surface area contributed by atoms with Gasteiger partial charge >= 0.3 is 0 Å². The Bertz CT molecular complexity index is 392. The van der Waals surface area contributed by atoms with Crippen LogP contribution in [0.2, 0.25) is 0 Å². The third kappa shape index (κ3) is 2.24. The number of hydrogen-bond acceptors (Lipinski definition) is 2. The first-order valence-electron chi connectivity index (χ1n) is 6.39. The summed E-state index contributed by atoms with van der Waals surface area (Å²) < 4.78 is 5.39. The molecule has 0 amide bonds. The van der Waals surface area contributed by atoms with Crippen LogP contribution in [0.15, 0.2) is 18.2 Å². The number of benzene rings is 1. The van der Waals surface area contributed by atoms with Crippen LogP contribution >= 0.6 is 0 Å². The number of aryl methyl sites for hydroxylation is 1. The van der Waals surface area contributed by atoms with Crippen molar-refractivity contribution < 1.29 is 9.84 Å². The summed E-state index contributed by atoms with van der Waals surface area (Å²) in [6.07, 6.45) is 0.801. The highest BCUT2D eigenvalue weighted by atomic mass is 16.5. The fourth-order valence-electron chi connectivity index (χ4n) is 2.57. The number of hydrogen-bond donors (Lipinski definition) is 1. The van der Waals surface area contributed by atoms with Crippen LogP contribution in [-0.2, 0) is 10.2 Å². The molecule has 0 spiro atoms. The van der Waals surface area contributed by atoms with E-state index in [1.165, 1.54) is 16.7 Å². The van der Waals surface area contributed by atoms with Crippen LogP contribution in [0.4, 0.5) is 0 Å². The molecule has 1 aromatic carbocycles. The van der Waals surface area contributed by atoms with Gasteiger partial charge in [-0.15, -0.1) is 0 Å². The summed E-state index contributed by atoms with van der Waals surface area (Å²) >= 11 is 0. The minimum absolute atomic E-state index is 0.0593. The molecule has 0 atom stereocenters. The maximum atomic E-state index is 9.24. The molecule has 0 aromatic heterocycles. The molecule has 0 saturated carbocycles. The molecule has 0 bridgehead atoms. The van der Waals surface area contributed by atoms with Crippen molar-refractivity contribution in [2.75, 3.05) is 19.8 Å². The lowest BCUT2D eigenvalue weighted by molar-refractivity contribution is -0.0704. The maximum absolute atomic E-state index is 9.24. The van der Waals surface area contributed by atoms with E-state index >= 15 is 0 Å². The van der Waals surface area contributed by atoms with Crippen molar-refractivity contribution in [3.05, 3.63) is 34.9 Å². The molecule has 1 aliphatic heterocycles. The van der Waals surface area contributed by atoms with Crippen LogP contribution in [-0.4, -0.2) is 24.9 Å². The highest BCUT2D eigenvalue weighted by molar-refractivity contribution is 5.39. The minimum atomic E-state index is 0.0593. The normalized spacial score (nSPS) is 18.2. The predicted molar refractivity (Wildman–Crippen MR) is 69.5 cm³/mol. The summed E-state index contributed by atoms with van der Waals surface area (Å²) in [5.74, 6) is 0.543. The number of aliphatic hydroxyl groups is 1. The Kier molecular flexibility index (Phi) is 3.55. The van der Waals surface area contributed by atoms with Gasteiger partial charge in [-0.1, -0.05) is 32.0 Å². The first-order valence-corrected chi connectivity index (χ1v) is 6.39. The van der Waals surface area contributed by atoms with E-state index in [2.05, 4.69) is 39.0 Å². The molecule has 1 aromatic rings. The van der Waals surface area contributed by atoms with E-state index in [0.717, 1.165) is 19.6 Å². The highest BCUT2D eigenvalue weighted by Crippen LogP contribution is 2.38. The van der Waals surface area contributed by atoms with Gasteiger partial charge in [-0.2, -0.15) is 0 Å². The van der Waals surface area contributed by atoms with Crippen LogP contribution in [0.1, 0.15) is 42.9 Å². The molecule has 2 heteroatoms. The van der Waals surface area contributed by atoms with Crippen LogP contribution < -0.4 is 0 Å². The van der Waals surface area contributed by atoms with E-state index < -0.39 is 0 Å². The molecule has 2 rings (SSSR count). The second kappa shape index (κ2) is 4.79. The van der Waals surface area contributed by atoms with Gasteiger partial charge in [0, 0.05) is 12.0 Å². The Morgan fingerprint density at radius 1 is 1.35 bits per heavy atom. The number of aliphatic hydroxyl groups excluding tert-OH is 1. The topological polar surface area (TPSA) is 29.5 Å². The number of rotatable bonds is 4. The Labute approximate surface area is 104 Å². The van der Waals surface area contributed by atoms with Gasteiger partial charge in [0.15, 0.2) is 0 Å². The first kappa shape index (κ1) is 12.6. The van der Waals surface area contributed by atoms with Gasteiger partial charge in [-0.25, -0.2) is 0 Å². The van der Waals surface area contributed by atoms with Gasteiger partial charge in [-0.3, -0.25) is 0 Å². The quantitative estimate of drug-likeness (QED) is 0.868. The van der Waals surface area contributed by atoms with Gasteiger partial charge in [-0.05, 0) is 36.0 Å². The third-order valence-corrected chi connectivity index (χ3v) is 3.85. The average Bonchev–Trinajstić information content (AvgIpc) is 2.24. The molecule has 1 saturated heterocycles. The second-order valence-corrected chi connectivity index (χ2v) is 5.48. The van der Waals surface area contributed by atoms with Gasteiger partial charge in [0.25, 0.3) is 0 Å². The molecule has 1 aliphatic rings. The van der Waals surface area contributed by atoms with E-state index in [9.17, 15) is 5.11 Å². The Balaban J connectivity index is 2.39. The lowest BCUT2D eigenvalue weighted by Crippen LogP contribution is -2.47. The largest absolute Gasteiger partial charge is 0.396 e. The van der Waals surface area contributed by atoms with E-state index in [0.29, 0.717) is 5.92 Å². The highest BCUT2D eigenvalue weighted by Gasteiger charge is 2.40. The summed E-state index contributed by atoms with van der Waals surface area (Å²) in [6, 6.07) is 6.70. The second-order valence-electron chi connectivity index (χ2n) is 5.48. The molecule has 1 fully saturated rings. The summed E-state index contributed by atoms with van der Waals surface area (Å²) in [4.78, 5) is 0. The Morgan fingerprint density at radius 3 is 2.53 bits per heavy atom. The third-order valence-electron chi connectivity index (χ3n) is 3.85. The lowest BCUT2D eigenvalue weighted by Gasteiger charge is -2.43. The molecule has 0 radical (unpaired) electrons. The van der Waals surface area contributed by atoms with Crippen molar-refractivity contribution in [2.45, 2.75) is 38.5 Å². The van der Waals surface area contributed by atoms with Crippen molar-refractivity contribution in [1.82, 2.24) is 0 Å². The smallest absolute Gasteiger partial charge is 0.0586 e. The fraction of sp³-hybridized carbons (Fsp3) is 0.600. The molecule has 1 heterocycles. The molecule has 0 unspecified atom stereocenters. The molecular weight excluding hydrogens is 212 g/mol. The number of ether oxygens (including phenoxy) is 1. The molecular formula is C15H22O2. The summed E-state index contributed by atoms with van der Waals surface area (Å²) in [5.41, 5.74) is 4.11. The average molecular weight is 234 g/mol. The summed E-state index contributed by atoms with van der Waals surface area (Å²) in [7, 11) is 0. The predicted octanol–water partition coefficient (Wildman–Crippen LogP) is 2.77. The van der Waals surface area contributed by atoms with Crippen LogP contribution in [0.3, 0.4) is 0 Å². The van der Waals surface area contributed by atoms with Crippen molar-refractivity contribution >= 4 is 0 Å². The Morgan fingerprint density at radius 2 is 2.06 bits per heavy atom. The molecule has 94 valence electrons. The maximum Gasteiger partial charge on any atom is 0.0586 e. The van der Waals surface area contributed by atoms with Crippen molar-refractivity contribution in [3.63, 3.8) is 0 Å². The minimum Gasteiger partial charge on any atom is -0.396 e. The zero-order chi connectivity index (χ0) is 12.5. The Hall–Kier alpha value is -0.860. The van der Waals surface area contributed by atoms with Crippen LogP contribution in [0.25, 0.3) is 0 Å². The zero-order valence-corrected chi connectivity index (χ0v) is 11.0. The van der Waals surface area contributed by atoms with Crippen LogP contribution in [0.5, 0.6) is 0 Å².